The van der Waals surface area contributed by atoms with Crippen LogP contribution in [0.25, 0.3) is 23.1 Å². The first kappa shape index (κ1) is 12.0. The highest BCUT2D eigenvalue weighted by molar-refractivity contribution is 5.91. The average molecular weight is 269 g/mol. The Labute approximate surface area is 112 Å². The summed E-state index contributed by atoms with van der Waals surface area (Å²) in [6, 6.07) is 7.72. The van der Waals surface area contributed by atoms with E-state index in [1.54, 1.807) is 12.3 Å². The molecule has 3 rings (SSSR count). The number of benzene rings is 1. The summed E-state index contributed by atoms with van der Waals surface area (Å²) in [5.74, 6) is -0.449. The highest BCUT2D eigenvalue weighted by Crippen LogP contribution is 2.20. The molecule has 0 radical (unpaired) electrons. The molecule has 0 aliphatic heterocycles. The van der Waals surface area contributed by atoms with Gasteiger partial charge in [-0.1, -0.05) is 24.3 Å². The second-order valence-corrected chi connectivity index (χ2v) is 4.29. The smallest absolute Gasteiger partial charge is 0.328 e. The van der Waals surface area contributed by atoms with E-state index >= 15 is 0 Å². The molecule has 0 bridgehead atoms. The summed E-state index contributed by atoms with van der Waals surface area (Å²) in [5, 5.41) is 10.6. The lowest BCUT2D eigenvalue weighted by Crippen LogP contribution is -2.23. The van der Waals surface area contributed by atoms with Gasteiger partial charge in [-0.3, -0.25) is 14.8 Å². The van der Waals surface area contributed by atoms with Gasteiger partial charge in [-0.25, -0.2) is 4.79 Å². The minimum atomic E-state index is -0.739. The number of aromatic amines is 3. The van der Waals surface area contributed by atoms with Crippen LogP contribution in [0.2, 0.25) is 0 Å². The lowest BCUT2D eigenvalue weighted by Gasteiger charge is -1.96. The minimum Gasteiger partial charge on any atom is -0.494 e. The van der Waals surface area contributed by atoms with Crippen molar-refractivity contribution in [1.29, 1.82) is 0 Å². The predicted octanol–water partition coefficient (Wildman–Crippen LogP) is 1.42. The van der Waals surface area contributed by atoms with Crippen molar-refractivity contribution in [1.82, 2.24) is 15.0 Å². The van der Waals surface area contributed by atoms with Crippen molar-refractivity contribution >= 4 is 23.1 Å². The second-order valence-electron chi connectivity index (χ2n) is 4.29. The zero-order valence-electron chi connectivity index (χ0n) is 10.3. The number of H-pyrrole nitrogens is 3. The van der Waals surface area contributed by atoms with E-state index in [1.807, 2.05) is 24.3 Å². The van der Waals surface area contributed by atoms with Gasteiger partial charge in [0.2, 0.25) is 5.88 Å². The Morgan fingerprint density at radius 3 is 2.65 bits per heavy atom. The monoisotopic (exact) mass is 269 g/mol. The van der Waals surface area contributed by atoms with Gasteiger partial charge in [-0.15, -0.1) is 0 Å². The summed E-state index contributed by atoms with van der Waals surface area (Å²) in [5.41, 5.74) is 0.492. The summed E-state index contributed by atoms with van der Waals surface area (Å²) in [7, 11) is 0. The van der Waals surface area contributed by atoms with Crippen LogP contribution in [0, 0.1) is 0 Å². The van der Waals surface area contributed by atoms with Crippen LogP contribution in [-0.2, 0) is 0 Å². The molecule has 6 heteroatoms. The maximum Gasteiger partial charge on any atom is 0.328 e. The van der Waals surface area contributed by atoms with E-state index in [-0.39, 0.29) is 5.56 Å². The number of aromatic hydroxyl groups is 1. The Bertz CT molecular complexity index is 915. The molecule has 20 heavy (non-hydrogen) atoms. The van der Waals surface area contributed by atoms with Crippen LogP contribution in [0.1, 0.15) is 11.1 Å². The molecule has 2 heterocycles. The van der Waals surface area contributed by atoms with Crippen LogP contribution >= 0.6 is 0 Å². The minimum absolute atomic E-state index is 0.00915. The number of aromatic nitrogens is 3. The molecule has 0 fully saturated rings. The fourth-order valence-corrected chi connectivity index (χ4v) is 2.04. The molecule has 3 aromatic rings. The Hall–Kier alpha value is -3.02. The quantitative estimate of drug-likeness (QED) is 0.565. The summed E-state index contributed by atoms with van der Waals surface area (Å²) < 4.78 is 0. The number of fused-ring (bicyclic) bond motifs is 1. The summed E-state index contributed by atoms with van der Waals surface area (Å²) in [4.78, 5) is 29.9. The summed E-state index contributed by atoms with van der Waals surface area (Å²) in [6.45, 7) is 0. The van der Waals surface area contributed by atoms with E-state index in [4.69, 9.17) is 0 Å². The third-order valence-electron chi connectivity index (χ3n) is 3.01. The first-order valence-electron chi connectivity index (χ1n) is 5.95. The van der Waals surface area contributed by atoms with Gasteiger partial charge >= 0.3 is 5.69 Å². The number of para-hydroxylation sites is 1. The summed E-state index contributed by atoms with van der Waals surface area (Å²) >= 11 is 0. The van der Waals surface area contributed by atoms with Crippen molar-refractivity contribution in [2.75, 3.05) is 0 Å². The zero-order chi connectivity index (χ0) is 14.1. The third kappa shape index (κ3) is 2.03. The third-order valence-corrected chi connectivity index (χ3v) is 3.01. The molecule has 6 nitrogen and oxygen atoms in total. The Balaban J connectivity index is 2.07. The molecular weight excluding hydrogens is 258 g/mol. The van der Waals surface area contributed by atoms with Crippen LogP contribution in [0.5, 0.6) is 5.88 Å². The average Bonchev–Trinajstić information content (AvgIpc) is 2.81. The maximum absolute atomic E-state index is 11.6. The van der Waals surface area contributed by atoms with Crippen molar-refractivity contribution in [2.24, 2.45) is 0 Å². The maximum atomic E-state index is 11.6. The van der Waals surface area contributed by atoms with Crippen LogP contribution in [0.15, 0.2) is 40.1 Å². The fraction of sp³-hybridized carbons (Fsp3) is 0. The number of nitrogens with one attached hydrogen (secondary N) is 3. The van der Waals surface area contributed by atoms with Gasteiger partial charge < -0.3 is 10.1 Å². The van der Waals surface area contributed by atoms with Gasteiger partial charge in [0.05, 0.1) is 5.56 Å². The second kappa shape index (κ2) is 4.58. The van der Waals surface area contributed by atoms with Gasteiger partial charge in [-0.2, -0.15) is 0 Å². The Morgan fingerprint density at radius 1 is 1.05 bits per heavy atom. The number of hydrogen-bond donors (Lipinski definition) is 4. The van der Waals surface area contributed by atoms with Crippen LogP contribution in [0.3, 0.4) is 0 Å². The first-order chi connectivity index (χ1) is 9.65. The molecule has 0 saturated carbocycles. The van der Waals surface area contributed by atoms with Gasteiger partial charge in [0.1, 0.15) is 0 Å². The SMILES string of the molecule is O=c1[nH]c(O)c(/C=C/c2c[nH]c3ccccc23)c(=O)[nH]1. The molecule has 0 unspecified atom stereocenters. The van der Waals surface area contributed by atoms with Crippen LogP contribution in [0.4, 0.5) is 0 Å². The fourth-order valence-electron chi connectivity index (χ4n) is 2.04. The van der Waals surface area contributed by atoms with Crippen LogP contribution < -0.4 is 11.2 Å². The zero-order valence-corrected chi connectivity index (χ0v) is 10.3. The first-order valence-corrected chi connectivity index (χ1v) is 5.95. The predicted molar refractivity (Wildman–Crippen MR) is 76.6 cm³/mol. The van der Waals surface area contributed by atoms with E-state index in [9.17, 15) is 14.7 Å². The number of rotatable bonds is 2. The topological polar surface area (TPSA) is 102 Å². The molecule has 2 aromatic heterocycles. The largest absolute Gasteiger partial charge is 0.494 e. The molecule has 1 aromatic carbocycles. The van der Waals surface area contributed by atoms with E-state index in [0.29, 0.717) is 0 Å². The van der Waals surface area contributed by atoms with Crippen LogP contribution in [-0.4, -0.2) is 20.1 Å². The van der Waals surface area contributed by atoms with Crippen molar-refractivity contribution in [3.8, 4) is 5.88 Å². The molecule has 0 aliphatic carbocycles. The lowest BCUT2D eigenvalue weighted by atomic mass is 10.1. The number of hydrogen-bond acceptors (Lipinski definition) is 3. The van der Waals surface area contributed by atoms with E-state index < -0.39 is 17.1 Å². The molecule has 100 valence electrons. The van der Waals surface area contributed by atoms with Crippen molar-refractivity contribution in [3.63, 3.8) is 0 Å². The Kier molecular flexibility index (Phi) is 2.76. The van der Waals surface area contributed by atoms with Crippen molar-refractivity contribution in [2.45, 2.75) is 0 Å². The Morgan fingerprint density at radius 2 is 1.85 bits per heavy atom. The molecule has 0 amide bonds. The standard InChI is InChI=1S/C14H11N3O3/c18-12-10(13(19)17-14(20)16-12)6-5-8-7-15-11-4-2-1-3-9(8)11/h1-7,15H,(H3,16,17,18,19,20)/b6-5+. The lowest BCUT2D eigenvalue weighted by molar-refractivity contribution is 0.447. The van der Waals surface area contributed by atoms with Gasteiger partial charge in [0.25, 0.3) is 5.56 Å². The van der Waals surface area contributed by atoms with E-state index in [0.717, 1.165) is 16.5 Å². The molecular formula is C14H11N3O3. The molecule has 0 spiro atoms. The van der Waals surface area contributed by atoms with Crippen molar-refractivity contribution < 1.29 is 5.11 Å². The highest BCUT2D eigenvalue weighted by atomic mass is 16.3. The molecule has 0 atom stereocenters. The molecule has 0 saturated heterocycles. The van der Waals surface area contributed by atoms with Crippen molar-refractivity contribution in [3.05, 3.63) is 62.4 Å². The molecule has 0 aliphatic rings. The molecule has 4 N–H and O–H groups in total. The van der Waals surface area contributed by atoms with Gasteiger partial charge in [0, 0.05) is 17.1 Å². The normalized spacial score (nSPS) is 11.4. The van der Waals surface area contributed by atoms with Gasteiger partial charge in [0.15, 0.2) is 0 Å². The highest BCUT2D eigenvalue weighted by Gasteiger charge is 2.05. The summed E-state index contributed by atoms with van der Waals surface area (Å²) in [6.07, 6.45) is 4.96. The van der Waals surface area contributed by atoms with E-state index in [2.05, 4.69) is 15.0 Å². The van der Waals surface area contributed by atoms with Gasteiger partial charge in [-0.05, 0) is 17.7 Å². The van der Waals surface area contributed by atoms with E-state index in [1.165, 1.54) is 6.08 Å².